The molecule has 2 rings (SSSR count). The van der Waals surface area contributed by atoms with E-state index in [4.69, 9.17) is 0 Å². The van der Waals surface area contributed by atoms with E-state index in [2.05, 4.69) is 48.3 Å². The molecule has 0 saturated carbocycles. The van der Waals surface area contributed by atoms with Crippen LogP contribution in [0.25, 0.3) is 0 Å². The monoisotopic (exact) mass is 232 g/mol. The van der Waals surface area contributed by atoms with Gasteiger partial charge >= 0.3 is 0 Å². The van der Waals surface area contributed by atoms with Crippen LogP contribution >= 0.6 is 0 Å². The summed E-state index contributed by atoms with van der Waals surface area (Å²) in [5, 5.41) is 3.62. The van der Waals surface area contributed by atoms with E-state index in [1.807, 2.05) is 0 Å². The number of rotatable bonds is 5. The molecule has 1 fully saturated rings. The predicted molar refractivity (Wildman–Crippen MR) is 73.2 cm³/mol. The summed E-state index contributed by atoms with van der Waals surface area (Å²) in [5.74, 6) is 0. The molecule has 1 heterocycles. The first kappa shape index (κ1) is 12.6. The van der Waals surface area contributed by atoms with E-state index in [1.165, 1.54) is 37.1 Å². The highest BCUT2D eigenvalue weighted by atomic mass is 15.2. The third kappa shape index (κ3) is 3.83. The van der Waals surface area contributed by atoms with Gasteiger partial charge in [0.05, 0.1) is 0 Å². The van der Waals surface area contributed by atoms with Crippen molar-refractivity contribution in [1.82, 2.24) is 10.2 Å². The van der Waals surface area contributed by atoms with E-state index in [9.17, 15) is 0 Å². The van der Waals surface area contributed by atoms with E-state index in [0.29, 0.717) is 6.04 Å². The van der Waals surface area contributed by atoms with E-state index < -0.39 is 0 Å². The zero-order valence-corrected chi connectivity index (χ0v) is 11.1. The first-order valence-electron chi connectivity index (χ1n) is 6.79. The first-order chi connectivity index (χ1) is 8.28. The lowest BCUT2D eigenvalue weighted by Gasteiger charge is -2.16. The van der Waals surface area contributed by atoms with Crippen LogP contribution in [0, 0.1) is 6.92 Å². The van der Waals surface area contributed by atoms with Crippen LogP contribution < -0.4 is 5.32 Å². The molecular weight excluding hydrogens is 208 g/mol. The zero-order valence-electron chi connectivity index (χ0n) is 11.1. The quantitative estimate of drug-likeness (QED) is 0.839. The van der Waals surface area contributed by atoms with Crippen molar-refractivity contribution in [1.29, 1.82) is 0 Å². The topological polar surface area (TPSA) is 15.3 Å². The molecule has 1 aromatic rings. The summed E-state index contributed by atoms with van der Waals surface area (Å²) in [6.07, 6.45) is 2.53. The van der Waals surface area contributed by atoms with Gasteiger partial charge in [0.2, 0.25) is 0 Å². The Morgan fingerprint density at radius 2 is 2.29 bits per heavy atom. The van der Waals surface area contributed by atoms with Crippen LogP contribution in [0.2, 0.25) is 0 Å². The minimum Gasteiger partial charge on any atom is -0.313 e. The molecule has 1 N–H and O–H groups in total. The minimum atomic E-state index is 0.708. The summed E-state index contributed by atoms with van der Waals surface area (Å²) >= 11 is 0. The fourth-order valence-corrected chi connectivity index (χ4v) is 2.56. The van der Waals surface area contributed by atoms with Crippen molar-refractivity contribution in [3.05, 3.63) is 35.4 Å². The molecule has 0 amide bonds. The second-order valence-corrected chi connectivity index (χ2v) is 5.16. The summed E-state index contributed by atoms with van der Waals surface area (Å²) in [6, 6.07) is 9.57. The van der Waals surface area contributed by atoms with E-state index in [0.717, 1.165) is 13.1 Å². The molecular formula is C15H24N2. The lowest BCUT2D eigenvalue weighted by Crippen LogP contribution is -2.32. The normalized spacial score (nSPS) is 20.9. The molecule has 2 nitrogen and oxygen atoms in total. The van der Waals surface area contributed by atoms with Gasteiger partial charge in [0.1, 0.15) is 0 Å². The molecule has 1 aliphatic heterocycles. The highest BCUT2D eigenvalue weighted by molar-refractivity contribution is 5.22. The number of aryl methyl sites for hydroxylation is 1. The Morgan fingerprint density at radius 3 is 3.06 bits per heavy atom. The molecule has 94 valence electrons. The van der Waals surface area contributed by atoms with Crippen molar-refractivity contribution in [3.8, 4) is 0 Å². The summed E-state index contributed by atoms with van der Waals surface area (Å²) in [4.78, 5) is 2.56. The van der Waals surface area contributed by atoms with Gasteiger partial charge in [0.15, 0.2) is 0 Å². The van der Waals surface area contributed by atoms with Crippen LogP contribution in [0.5, 0.6) is 0 Å². The fourth-order valence-electron chi connectivity index (χ4n) is 2.56. The van der Waals surface area contributed by atoms with Crippen molar-refractivity contribution >= 4 is 0 Å². The predicted octanol–water partition coefficient (Wildman–Crippen LogP) is 2.57. The third-order valence-electron chi connectivity index (χ3n) is 3.44. The summed E-state index contributed by atoms with van der Waals surface area (Å²) in [6.45, 7) is 9.09. The molecule has 0 radical (unpaired) electrons. The average molecular weight is 232 g/mol. The molecule has 1 unspecified atom stereocenters. The second-order valence-electron chi connectivity index (χ2n) is 5.16. The van der Waals surface area contributed by atoms with Crippen molar-refractivity contribution in [2.75, 3.05) is 19.6 Å². The summed E-state index contributed by atoms with van der Waals surface area (Å²) in [5.41, 5.74) is 2.81. The number of nitrogens with one attached hydrogen (secondary N) is 1. The first-order valence-corrected chi connectivity index (χ1v) is 6.79. The van der Waals surface area contributed by atoms with Crippen LogP contribution in [0.15, 0.2) is 24.3 Å². The Hall–Kier alpha value is -0.860. The minimum absolute atomic E-state index is 0.708. The lowest BCUT2D eigenvalue weighted by atomic mass is 10.1. The molecule has 1 saturated heterocycles. The van der Waals surface area contributed by atoms with Crippen molar-refractivity contribution in [2.45, 2.75) is 39.3 Å². The van der Waals surface area contributed by atoms with Crippen LogP contribution in [0.4, 0.5) is 0 Å². The van der Waals surface area contributed by atoms with E-state index >= 15 is 0 Å². The van der Waals surface area contributed by atoms with Crippen LogP contribution in [-0.4, -0.2) is 30.6 Å². The Balaban J connectivity index is 1.81. The van der Waals surface area contributed by atoms with Gasteiger partial charge in [-0.1, -0.05) is 36.8 Å². The lowest BCUT2D eigenvalue weighted by molar-refractivity contribution is 0.320. The second kappa shape index (κ2) is 6.18. The summed E-state index contributed by atoms with van der Waals surface area (Å²) < 4.78 is 0. The number of nitrogens with zero attached hydrogens (tertiary/aromatic N) is 1. The van der Waals surface area contributed by atoms with Crippen LogP contribution in [0.3, 0.4) is 0 Å². The van der Waals surface area contributed by atoms with Crippen LogP contribution in [0.1, 0.15) is 30.9 Å². The molecule has 0 bridgehead atoms. The fraction of sp³-hybridized carbons (Fsp3) is 0.600. The number of likely N-dealkylation sites (tertiary alicyclic amines) is 1. The molecule has 0 aromatic heterocycles. The Labute approximate surface area is 105 Å². The molecule has 1 aliphatic rings. The smallest absolute Gasteiger partial charge is 0.0234 e. The molecule has 1 aromatic carbocycles. The third-order valence-corrected chi connectivity index (χ3v) is 3.44. The molecule has 1 atom stereocenters. The maximum absolute atomic E-state index is 3.62. The van der Waals surface area contributed by atoms with Crippen molar-refractivity contribution < 1.29 is 0 Å². The number of hydrogen-bond acceptors (Lipinski definition) is 2. The van der Waals surface area contributed by atoms with Crippen LogP contribution in [-0.2, 0) is 6.54 Å². The van der Waals surface area contributed by atoms with Gasteiger partial charge in [0, 0.05) is 25.7 Å². The number of benzene rings is 1. The maximum Gasteiger partial charge on any atom is 0.0234 e. The largest absolute Gasteiger partial charge is 0.313 e. The molecule has 0 aliphatic carbocycles. The standard InChI is InChI=1S/C15H24N2/c1-3-8-16-15-7-9-17(12-15)11-14-6-4-5-13(2)10-14/h4-6,10,15-16H,3,7-9,11-12H2,1-2H3. The highest BCUT2D eigenvalue weighted by Gasteiger charge is 2.21. The highest BCUT2D eigenvalue weighted by Crippen LogP contribution is 2.14. The summed E-state index contributed by atoms with van der Waals surface area (Å²) in [7, 11) is 0. The van der Waals surface area contributed by atoms with Gasteiger partial charge in [-0.05, 0) is 31.9 Å². The zero-order chi connectivity index (χ0) is 12.1. The van der Waals surface area contributed by atoms with Gasteiger partial charge in [0.25, 0.3) is 0 Å². The van der Waals surface area contributed by atoms with Gasteiger partial charge in [-0.25, -0.2) is 0 Å². The van der Waals surface area contributed by atoms with E-state index in [-0.39, 0.29) is 0 Å². The Morgan fingerprint density at radius 1 is 1.41 bits per heavy atom. The number of hydrogen-bond donors (Lipinski definition) is 1. The Kier molecular flexibility index (Phi) is 4.57. The molecule has 2 heteroatoms. The van der Waals surface area contributed by atoms with Crippen molar-refractivity contribution in [3.63, 3.8) is 0 Å². The molecule has 17 heavy (non-hydrogen) atoms. The van der Waals surface area contributed by atoms with Gasteiger partial charge in [-0.2, -0.15) is 0 Å². The average Bonchev–Trinajstić information content (AvgIpc) is 2.74. The van der Waals surface area contributed by atoms with Gasteiger partial charge < -0.3 is 5.32 Å². The van der Waals surface area contributed by atoms with Crippen molar-refractivity contribution in [2.24, 2.45) is 0 Å². The van der Waals surface area contributed by atoms with E-state index in [1.54, 1.807) is 0 Å². The molecule has 0 spiro atoms. The Bertz CT molecular complexity index is 349. The van der Waals surface area contributed by atoms with Gasteiger partial charge in [-0.3, -0.25) is 4.90 Å². The maximum atomic E-state index is 3.62. The SMILES string of the molecule is CCCNC1CCN(Cc2cccc(C)c2)C1. The van der Waals surface area contributed by atoms with Gasteiger partial charge in [-0.15, -0.1) is 0 Å².